The van der Waals surface area contributed by atoms with Gasteiger partial charge in [-0.3, -0.25) is 0 Å². The van der Waals surface area contributed by atoms with Crippen molar-refractivity contribution in [1.82, 2.24) is 10.6 Å². The molecule has 4 unspecified atom stereocenters. The molecule has 4 heteroatoms. The van der Waals surface area contributed by atoms with Gasteiger partial charge in [-0.15, -0.1) is 0 Å². The lowest BCUT2D eigenvalue weighted by molar-refractivity contribution is 0.220. The van der Waals surface area contributed by atoms with Crippen LogP contribution < -0.4 is 15.4 Å². The van der Waals surface area contributed by atoms with E-state index < -0.39 is 0 Å². The van der Waals surface area contributed by atoms with E-state index in [-0.39, 0.29) is 12.1 Å². The van der Waals surface area contributed by atoms with Crippen LogP contribution >= 0.6 is 0 Å². The average Bonchev–Trinajstić information content (AvgIpc) is 3.17. The lowest BCUT2D eigenvalue weighted by atomic mass is 9.84. The summed E-state index contributed by atoms with van der Waals surface area (Å²) in [4.78, 5) is 12.1. The third-order valence-electron chi connectivity index (χ3n) is 5.48. The molecule has 23 heavy (non-hydrogen) atoms. The third kappa shape index (κ3) is 3.98. The number of carbonyl (C=O) groups is 1. The number of fused-ring (bicyclic) bond motifs is 2. The fourth-order valence-electron chi connectivity index (χ4n) is 4.32. The SMILES string of the molecule is CCOc1ccc(CNC(=O)NC(C)C2CC3CCC2C3)cc1. The highest BCUT2D eigenvalue weighted by Gasteiger charge is 2.42. The number of rotatable bonds is 6. The van der Waals surface area contributed by atoms with Gasteiger partial charge >= 0.3 is 6.03 Å². The molecule has 126 valence electrons. The van der Waals surface area contributed by atoms with Crippen molar-refractivity contribution in [3.8, 4) is 5.75 Å². The van der Waals surface area contributed by atoms with Gasteiger partial charge in [0.25, 0.3) is 0 Å². The van der Waals surface area contributed by atoms with Crippen LogP contribution in [-0.4, -0.2) is 18.7 Å². The maximum absolute atomic E-state index is 12.1. The van der Waals surface area contributed by atoms with E-state index in [4.69, 9.17) is 4.74 Å². The van der Waals surface area contributed by atoms with E-state index in [1.165, 1.54) is 25.7 Å². The summed E-state index contributed by atoms with van der Waals surface area (Å²) in [7, 11) is 0. The molecule has 2 fully saturated rings. The lowest BCUT2D eigenvalue weighted by Gasteiger charge is -2.28. The first kappa shape index (κ1) is 16.2. The van der Waals surface area contributed by atoms with Crippen molar-refractivity contribution in [3.63, 3.8) is 0 Å². The number of nitrogens with one attached hydrogen (secondary N) is 2. The Hall–Kier alpha value is -1.71. The van der Waals surface area contributed by atoms with Crippen LogP contribution in [0.1, 0.15) is 45.1 Å². The molecule has 0 aromatic heterocycles. The van der Waals surface area contributed by atoms with Crippen LogP contribution in [0.2, 0.25) is 0 Å². The zero-order chi connectivity index (χ0) is 16.2. The predicted molar refractivity (Wildman–Crippen MR) is 91.4 cm³/mol. The summed E-state index contributed by atoms with van der Waals surface area (Å²) in [6.07, 6.45) is 5.43. The standard InChI is InChI=1S/C19H28N2O2/c1-3-23-17-8-5-14(6-9-17)12-20-19(22)21-13(2)18-11-15-4-7-16(18)10-15/h5-6,8-9,13,15-16,18H,3-4,7,10-12H2,1-2H3,(H2,20,21,22). The molecule has 4 nitrogen and oxygen atoms in total. The fraction of sp³-hybridized carbons (Fsp3) is 0.632. The van der Waals surface area contributed by atoms with Crippen LogP contribution in [-0.2, 0) is 6.54 Å². The van der Waals surface area contributed by atoms with E-state index >= 15 is 0 Å². The Morgan fingerprint density at radius 2 is 2.04 bits per heavy atom. The van der Waals surface area contributed by atoms with Crippen molar-refractivity contribution in [3.05, 3.63) is 29.8 Å². The molecule has 2 saturated carbocycles. The molecule has 2 aliphatic carbocycles. The van der Waals surface area contributed by atoms with Gasteiger partial charge in [-0.25, -0.2) is 4.79 Å². The van der Waals surface area contributed by atoms with Crippen molar-refractivity contribution >= 4 is 6.03 Å². The number of benzene rings is 1. The van der Waals surface area contributed by atoms with Gasteiger partial charge in [0.1, 0.15) is 5.75 Å². The Bertz CT molecular complexity index is 529. The summed E-state index contributed by atoms with van der Waals surface area (Å²) in [6.45, 7) is 5.33. The van der Waals surface area contributed by atoms with E-state index in [2.05, 4.69) is 17.6 Å². The first-order valence-corrected chi connectivity index (χ1v) is 8.91. The molecule has 1 aromatic rings. The molecule has 3 rings (SSSR count). The first-order valence-electron chi connectivity index (χ1n) is 8.91. The van der Waals surface area contributed by atoms with Crippen LogP contribution in [0.3, 0.4) is 0 Å². The molecule has 0 heterocycles. The van der Waals surface area contributed by atoms with Gasteiger partial charge in [-0.2, -0.15) is 0 Å². The Morgan fingerprint density at radius 1 is 1.26 bits per heavy atom. The number of amides is 2. The molecule has 2 amide bonds. The summed E-state index contributed by atoms with van der Waals surface area (Å²) < 4.78 is 5.42. The first-order chi connectivity index (χ1) is 11.2. The molecule has 0 radical (unpaired) electrons. The summed E-state index contributed by atoms with van der Waals surface area (Å²) in [6, 6.07) is 8.07. The lowest BCUT2D eigenvalue weighted by Crippen LogP contribution is -2.45. The molecular weight excluding hydrogens is 288 g/mol. The van der Waals surface area contributed by atoms with Crippen molar-refractivity contribution in [2.24, 2.45) is 17.8 Å². The van der Waals surface area contributed by atoms with E-state index in [1.54, 1.807) is 0 Å². The monoisotopic (exact) mass is 316 g/mol. The van der Waals surface area contributed by atoms with Gasteiger partial charge in [0.05, 0.1) is 6.61 Å². The summed E-state index contributed by atoms with van der Waals surface area (Å²) in [5.74, 6) is 3.29. The van der Waals surface area contributed by atoms with Gasteiger partial charge < -0.3 is 15.4 Å². The van der Waals surface area contributed by atoms with Crippen LogP contribution in [0.5, 0.6) is 5.75 Å². The minimum absolute atomic E-state index is 0.0610. The van der Waals surface area contributed by atoms with Gasteiger partial charge in [-0.1, -0.05) is 18.6 Å². The molecule has 2 bridgehead atoms. The molecular formula is C19H28N2O2. The number of ether oxygens (including phenoxy) is 1. The zero-order valence-corrected chi connectivity index (χ0v) is 14.2. The third-order valence-corrected chi connectivity index (χ3v) is 5.48. The van der Waals surface area contributed by atoms with Gasteiger partial charge in [0, 0.05) is 12.6 Å². The molecule has 0 saturated heterocycles. The smallest absolute Gasteiger partial charge is 0.315 e. The summed E-state index contributed by atoms with van der Waals surface area (Å²) in [5.41, 5.74) is 1.08. The van der Waals surface area contributed by atoms with Crippen molar-refractivity contribution in [1.29, 1.82) is 0 Å². The van der Waals surface area contributed by atoms with Crippen molar-refractivity contribution < 1.29 is 9.53 Å². The minimum Gasteiger partial charge on any atom is -0.494 e. The molecule has 2 aliphatic rings. The fourth-order valence-corrected chi connectivity index (χ4v) is 4.32. The Morgan fingerprint density at radius 3 is 2.65 bits per heavy atom. The molecule has 0 aliphatic heterocycles. The highest BCUT2D eigenvalue weighted by Crippen LogP contribution is 2.49. The largest absolute Gasteiger partial charge is 0.494 e. The second kappa shape index (κ2) is 7.24. The van der Waals surface area contributed by atoms with Crippen molar-refractivity contribution in [2.75, 3.05) is 6.61 Å². The summed E-state index contributed by atoms with van der Waals surface area (Å²) in [5, 5.41) is 6.09. The van der Waals surface area contributed by atoms with Crippen LogP contribution in [0.15, 0.2) is 24.3 Å². The molecule has 4 atom stereocenters. The van der Waals surface area contributed by atoms with Crippen LogP contribution in [0.4, 0.5) is 4.79 Å². The maximum Gasteiger partial charge on any atom is 0.315 e. The average molecular weight is 316 g/mol. The van der Waals surface area contributed by atoms with E-state index in [1.807, 2.05) is 31.2 Å². The van der Waals surface area contributed by atoms with Crippen molar-refractivity contribution in [2.45, 2.75) is 52.1 Å². The van der Waals surface area contributed by atoms with E-state index in [9.17, 15) is 4.79 Å². The quantitative estimate of drug-likeness (QED) is 0.840. The number of carbonyl (C=O) groups excluding carboxylic acids is 1. The molecule has 1 aromatic carbocycles. The van der Waals surface area contributed by atoms with Crippen LogP contribution in [0, 0.1) is 17.8 Å². The highest BCUT2D eigenvalue weighted by atomic mass is 16.5. The normalized spacial score (nSPS) is 26.8. The molecule has 0 spiro atoms. The number of urea groups is 1. The highest BCUT2D eigenvalue weighted by molar-refractivity contribution is 5.74. The zero-order valence-electron chi connectivity index (χ0n) is 14.2. The van der Waals surface area contributed by atoms with Gasteiger partial charge in [0.2, 0.25) is 0 Å². The second-order valence-electron chi connectivity index (χ2n) is 7.03. The van der Waals surface area contributed by atoms with Crippen LogP contribution in [0.25, 0.3) is 0 Å². The van der Waals surface area contributed by atoms with E-state index in [0.717, 1.165) is 23.1 Å². The van der Waals surface area contributed by atoms with Gasteiger partial charge in [-0.05, 0) is 68.6 Å². The Kier molecular flexibility index (Phi) is 5.09. The number of hydrogen-bond acceptors (Lipinski definition) is 2. The predicted octanol–water partition coefficient (Wildman–Crippen LogP) is 3.71. The second-order valence-corrected chi connectivity index (χ2v) is 7.03. The van der Waals surface area contributed by atoms with E-state index in [0.29, 0.717) is 19.1 Å². The number of hydrogen-bond donors (Lipinski definition) is 2. The summed E-state index contributed by atoms with van der Waals surface area (Å²) >= 11 is 0. The Labute approximate surface area is 139 Å². The molecule has 2 N–H and O–H groups in total. The Balaban J connectivity index is 1.42. The topological polar surface area (TPSA) is 50.4 Å². The maximum atomic E-state index is 12.1. The van der Waals surface area contributed by atoms with Gasteiger partial charge in [0.15, 0.2) is 0 Å². The minimum atomic E-state index is -0.0610.